The van der Waals surface area contributed by atoms with Gasteiger partial charge in [-0.05, 0) is 30.7 Å². The van der Waals surface area contributed by atoms with Crippen molar-refractivity contribution in [3.8, 4) is 0 Å². The van der Waals surface area contributed by atoms with Gasteiger partial charge >= 0.3 is 6.18 Å². The number of hydrogen-bond donors (Lipinski definition) is 3. The summed E-state index contributed by atoms with van der Waals surface area (Å²) >= 11 is 0. The van der Waals surface area contributed by atoms with Gasteiger partial charge in [-0.1, -0.05) is 13.0 Å². The zero-order valence-electron chi connectivity index (χ0n) is 18.8. The van der Waals surface area contributed by atoms with Crippen LogP contribution in [0.2, 0.25) is 0 Å². The second-order valence-corrected chi connectivity index (χ2v) is 9.67. The van der Waals surface area contributed by atoms with Crippen LogP contribution in [0.3, 0.4) is 0 Å². The maximum atomic E-state index is 14.5. The number of carbonyl (C=O) groups excluding carboxylic acids is 1. The lowest BCUT2D eigenvalue weighted by Crippen LogP contribution is -2.47. The Bertz CT molecular complexity index is 1130. The molecule has 6 atom stereocenters. The summed E-state index contributed by atoms with van der Waals surface area (Å²) in [5.74, 6) is -6.71. The molecule has 0 saturated carbocycles. The Kier molecular flexibility index (Phi) is 7.65. The Morgan fingerprint density at radius 3 is 2.46 bits per heavy atom. The fraction of sp³-hybridized carbons (Fsp3) is 0.455. The van der Waals surface area contributed by atoms with E-state index in [-0.39, 0.29) is 16.9 Å². The van der Waals surface area contributed by atoms with Crippen molar-refractivity contribution in [2.75, 3.05) is 18.2 Å². The van der Waals surface area contributed by atoms with Crippen LogP contribution < -0.4 is 5.32 Å². The number of nitrogens with zero attached hydrogens (tertiary/aromatic N) is 1. The summed E-state index contributed by atoms with van der Waals surface area (Å²) in [7, 11) is -2.13. The zero-order chi connectivity index (χ0) is 26.3. The van der Waals surface area contributed by atoms with Crippen molar-refractivity contribution in [1.82, 2.24) is 4.98 Å². The van der Waals surface area contributed by atoms with Gasteiger partial charge in [0.15, 0.2) is 17.2 Å². The molecule has 35 heavy (non-hydrogen) atoms. The minimum Gasteiger partial charge on any atom is -0.393 e. The van der Waals surface area contributed by atoms with E-state index in [9.17, 15) is 36.1 Å². The van der Waals surface area contributed by atoms with E-state index in [1.807, 2.05) is 0 Å². The molecule has 0 radical (unpaired) electrons. The predicted molar refractivity (Wildman–Crippen MR) is 115 cm³/mol. The van der Waals surface area contributed by atoms with Gasteiger partial charge in [-0.15, -0.1) is 0 Å². The van der Waals surface area contributed by atoms with Gasteiger partial charge in [0, 0.05) is 18.1 Å². The lowest BCUT2D eigenvalue weighted by molar-refractivity contribution is -0.272. The van der Waals surface area contributed by atoms with Crippen molar-refractivity contribution in [3.63, 3.8) is 0 Å². The fourth-order valence-electron chi connectivity index (χ4n) is 4.11. The normalized spacial score (nSPS) is 26.4. The van der Waals surface area contributed by atoms with Crippen LogP contribution in [0.4, 0.5) is 27.6 Å². The summed E-state index contributed by atoms with van der Waals surface area (Å²) in [4.78, 5) is 16.3. The van der Waals surface area contributed by atoms with E-state index in [0.717, 1.165) is 25.4 Å². The molecule has 3 rings (SSSR count). The molecule has 0 aliphatic carbocycles. The van der Waals surface area contributed by atoms with Gasteiger partial charge in [-0.3, -0.25) is 14.0 Å². The summed E-state index contributed by atoms with van der Waals surface area (Å²) in [5, 5.41) is 21.0. The lowest BCUT2D eigenvalue weighted by Gasteiger charge is -2.32. The number of alkyl halides is 3. The van der Waals surface area contributed by atoms with Gasteiger partial charge < -0.3 is 20.3 Å². The van der Waals surface area contributed by atoms with E-state index in [1.54, 1.807) is 0 Å². The second-order valence-electron chi connectivity index (χ2n) is 8.35. The van der Waals surface area contributed by atoms with E-state index >= 15 is 0 Å². The molecular weight excluding hydrogens is 499 g/mol. The Balaban J connectivity index is 2.05. The standard InChI is InChI=1S/C22H23F5N2O5S/c1-10-16(12-5-6-13(23)17(24)19(12)35(3)33)18(34-21(10,2)22(25,26)27)20(32)29-11-4-7-14(28-8-11)15(31)9-30/h4-8,10,15-16,18,30-31H,9H2,1-3H3,(H,29,32)/t10-,15+,16-,18+,21+,35?/m0/s1. The third-order valence-corrected chi connectivity index (χ3v) is 7.21. The number of anilines is 1. The molecule has 1 aromatic heterocycles. The monoisotopic (exact) mass is 522 g/mol. The van der Waals surface area contributed by atoms with Crippen molar-refractivity contribution in [3.05, 3.63) is 53.4 Å². The van der Waals surface area contributed by atoms with E-state index in [0.29, 0.717) is 6.07 Å². The van der Waals surface area contributed by atoms with Crippen LogP contribution in [-0.2, 0) is 20.3 Å². The summed E-state index contributed by atoms with van der Waals surface area (Å²) in [5.41, 5.74) is -2.92. The highest BCUT2D eigenvalue weighted by Gasteiger charge is 2.65. The molecule has 1 unspecified atom stereocenters. The first-order chi connectivity index (χ1) is 16.2. The van der Waals surface area contributed by atoms with E-state index in [4.69, 9.17) is 9.84 Å². The topological polar surface area (TPSA) is 109 Å². The van der Waals surface area contributed by atoms with Crippen LogP contribution in [0.1, 0.15) is 37.1 Å². The highest BCUT2D eigenvalue weighted by molar-refractivity contribution is 7.84. The number of aromatic nitrogens is 1. The van der Waals surface area contributed by atoms with Gasteiger partial charge in [-0.2, -0.15) is 13.2 Å². The minimum atomic E-state index is -4.92. The average molecular weight is 522 g/mol. The third kappa shape index (κ3) is 4.95. The molecule has 1 fully saturated rings. The summed E-state index contributed by atoms with van der Waals surface area (Å²) in [6.07, 6.45) is -5.84. The molecule has 0 spiro atoms. The first kappa shape index (κ1) is 27.1. The molecule has 1 aliphatic rings. The van der Waals surface area contributed by atoms with Gasteiger partial charge in [0.1, 0.15) is 12.2 Å². The van der Waals surface area contributed by atoms with Gasteiger partial charge in [-0.25, -0.2) is 8.78 Å². The molecule has 13 heteroatoms. The molecule has 1 aliphatic heterocycles. The van der Waals surface area contributed by atoms with Crippen molar-refractivity contribution in [2.24, 2.45) is 5.92 Å². The molecule has 0 bridgehead atoms. The zero-order valence-corrected chi connectivity index (χ0v) is 19.6. The SMILES string of the molecule is C[C@H]1[C@@H](c2ccc(F)c(F)c2S(C)=O)[C@H](C(=O)Nc2ccc([C@H](O)CO)nc2)O[C@@]1(C)C(F)(F)F. The number of benzene rings is 1. The first-order valence-electron chi connectivity index (χ1n) is 10.3. The van der Waals surface area contributed by atoms with E-state index in [2.05, 4.69) is 10.3 Å². The Hall–Kier alpha value is -2.48. The number of hydrogen-bond acceptors (Lipinski definition) is 6. The largest absolute Gasteiger partial charge is 0.417 e. The number of carbonyl (C=O) groups is 1. The molecule has 2 aromatic rings. The maximum Gasteiger partial charge on any atom is 0.417 e. The number of halogens is 5. The van der Waals surface area contributed by atoms with Crippen LogP contribution in [0, 0.1) is 17.6 Å². The van der Waals surface area contributed by atoms with Crippen LogP contribution in [0.25, 0.3) is 0 Å². The van der Waals surface area contributed by atoms with Crippen molar-refractivity contribution in [2.45, 2.75) is 48.6 Å². The van der Waals surface area contributed by atoms with Gasteiger partial charge in [0.05, 0.1) is 39.9 Å². The van der Waals surface area contributed by atoms with Crippen molar-refractivity contribution < 1.29 is 45.9 Å². The quantitative estimate of drug-likeness (QED) is 0.503. The van der Waals surface area contributed by atoms with Crippen LogP contribution in [0.15, 0.2) is 35.4 Å². The lowest BCUT2D eigenvalue weighted by atomic mass is 9.77. The van der Waals surface area contributed by atoms with Crippen LogP contribution in [0.5, 0.6) is 0 Å². The Labute approximate surface area is 199 Å². The van der Waals surface area contributed by atoms with E-state index in [1.165, 1.54) is 19.1 Å². The molecule has 3 N–H and O–H groups in total. The highest BCUT2D eigenvalue weighted by Crippen LogP contribution is 2.54. The highest BCUT2D eigenvalue weighted by atomic mass is 32.2. The molecule has 192 valence electrons. The number of rotatable bonds is 6. The Morgan fingerprint density at radius 1 is 1.29 bits per heavy atom. The molecular formula is C22H23F5N2O5S. The predicted octanol–water partition coefficient (Wildman–Crippen LogP) is 3.20. The number of ether oxygens (including phenoxy) is 1. The maximum absolute atomic E-state index is 14.5. The smallest absolute Gasteiger partial charge is 0.393 e. The number of pyridine rings is 1. The molecule has 1 amide bonds. The Morgan fingerprint density at radius 2 is 1.94 bits per heavy atom. The first-order valence-corrected chi connectivity index (χ1v) is 11.9. The van der Waals surface area contributed by atoms with Crippen molar-refractivity contribution in [1.29, 1.82) is 0 Å². The molecule has 7 nitrogen and oxygen atoms in total. The molecule has 1 saturated heterocycles. The number of aliphatic hydroxyl groups excluding tert-OH is 2. The summed E-state index contributed by atoms with van der Waals surface area (Å²) in [6, 6.07) is 4.30. The van der Waals surface area contributed by atoms with Crippen LogP contribution >= 0.6 is 0 Å². The average Bonchev–Trinajstić information content (AvgIpc) is 3.07. The van der Waals surface area contributed by atoms with E-state index < -0.39 is 75.7 Å². The van der Waals surface area contributed by atoms with Crippen LogP contribution in [-0.4, -0.2) is 56.1 Å². The third-order valence-electron chi connectivity index (χ3n) is 6.22. The van der Waals surface area contributed by atoms with Gasteiger partial charge in [0.25, 0.3) is 5.91 Å². The second kappa shape index (κ2) is 9.88. The summed E-state index contributed by atoms with van der Waals surface area (Å²) < 4.78 is 87.9. The summed E-state index contributed by atoms with van der Waals surface area (Å²) in [6.45, 7) is 1.33. The number of nitrogens with one attached hydrogen (secondary N) is 1. The minimum absolute atomic E-state index is 0.0454. The number of amides is 1. The number of aliphatic hydroxyl groups is 2. The van der Waals surface area contributed by atoms with Crippen molar-refractivity contribution >= 4 is 22.4 Å². The molecule has 2 heterocycles. The van der Waals surface area contributed by atoms with Gasteiger partial charge in [0.2, 0.25) is 0 Å². The fourth-order valence-corrected chi connectivity index (χ4v) is 4.99. The molecule has 1 aromatic carbocycles.